The van der Waals surface area contributed by atoms with E-state index in [0.717, 1.165) is 47.1 Å². The molecule has 6 heteroatoms. The van der Waals surface area contributed by atoms with Crippen LogP contribution in [0.5, 0.6) is 0 Å². The van der Waals surface area contributed by atoms with Gasteiger partial charge in [-0.05, 0) is 12.5 Å². The molecule has 0 radical (unpaired) electrons. The Morgan fingerprint density at radius 1 is 1.29 bits per heavy atom. The molecule has 3 aromatic heterocycles. The molecular weight excluding hydrogens is 302 g/mol. The third-order valence-electron chi connectivity index (χ3n) is 4.72. The monoisotopic (exact) mass is 323 g/mol. The molecule has 1 saturated heterocycles. The van der Waals surface area contributed by atoms with Crippen molar-refractivity contribution in [1.82, 2.24) is 24.8 Å². The van der Waals surface area contributed by atoms with Gasteiger partial charge in [0.1, 0.15) is 12.0 Å². The molecule has 1 aliphatic heterocycles. The van der Waals surface area contributed by atoms with E-state index in [1.807, 2.05) is 37.9 Å². The Labute approximate surface area is 140 Å². The minimum Gasteiger partial charge on any atom is -0.346 e. The first kappa shape index (κ1) is 15.1. The molecule has 4 rings (SSSR count). The van der Waals surface area contributed by atoms with Crippen LogP contribution in [0.1, 0.15) is 38.8 Å². The van der Waals surface area contributed by atoms with Gasteiger partial charge in [-0.15, -0.1) is 0 Å². The van der Waals surface area contributed by atoms with E-state index in [2.05, 4.69) is 19.9 Å². The molecule has 124 valence electrons. The molecule has 3 aromatic rings. The Bertz CT molecular complexity index is 924. The van der Waals surface area contributed by atoms with Crippen LogP contribution in [0.15, 0.2) is 24.8 Å². The molecule has 0 aromatic carbocycles. The molecular formula is C18H21N5O. The fourth-order valence-electron chi connectivity index (χ4n) is 3.53. The van der Waals surface area contributed by atoms with E-state index in [4.69, 9.17) is 0 Å². The quantitative estimate of drug-likeness (QED) is 0.747. The highest BCUT2D eigenvalue weighted by molar-refractivity contribution is 6.04. The molecule has 6 nitrogen and oxygen atoms in total. The van der Waals surface area contributed by atoms with Crippen LogP contribution in [0.3, 0.4) is 0 Å². The SMILES string of the molecule is CC(C)(C)C(=O)N1CCC(c2ncnc3cnc4[nH]ccc4c23)C1. The summed E-state index contributed by atoms with van der Waals surface area (Å²) in [5.41, 5.74) is 2.38. The first-order chi connectivity index (χ1) is 11.4. The predicted molar refractivity (Wildman–Crippen MR) is 92.6 cm³/mol. The second-order valence-corrected chi connectivity index (χ2v) is 7.50. The summed E-state index contributed by atoms with van der Waals surface area (Å²) in [4.78, 5) is 31.0. The fourth-order valence-corrected chi connectivity index (χ4v) is 3.53. The normalized spacial score (nSPS) is 18.6. The summed E-state index contributed by atoms with van der Waals surface area (Å²) in [6.45, 7) is 7.41. The number of amides is 1. The van der Waals surface area contributed by atoms with E-state index in [9.17, 15) is 4.79 Å². The van der Waals surface area contributed by atoms with Crippen molar-refractivity contribution < 1.29 is 4.79 Å². The standard InChI is InChI=1S/C18H21N5O/c1-18(2,3)17(24)23-7-5-11(9-23)15-14-12-4-6-19-16(12)20-8-13(14)21-10-22-15/h4,6,8,10-11H,5,7,9H2,1-3H3,(H,19,20). The van der Waals surface area contributed by atoms with E-state index in [-0.39, 0.29) is 17.2 Å². The number of aromatic amines is 1. The zero-order chi connectivity index (χ0) is 16.9. The maximum Gasteiger partial charge on any atom is 0.227 e. The molecule has 1 N–H and O–H groups in total. The van der Waals surface area contributed by atoms with E-state index in [1.54, 1.807) is 12.5 Å². The Hall–Kier alpha value is -2.50. The lowest BCUT2D eigenvalue weighted by Gasteiger charge is -2.25. The van der Waals surface area contributed by atoms with Gasteiger partial charge in [-0.3, -0.25) is 4.79 Å². The number of hydrogen-bond acceptors (Lipinski definition) is 4. The summed E-state index contributed by atoms with van der Waals surface area (Å²) in [6.07, 6.45) is 6.21. The van der Waals surface area contributed by atoms with Crippen LogP contribution in [0.4, 0.5) is 0 Å². The molecule has 1 amide bonds. The summed E-state index contributed by atoms with van der Waals surface area (Å²) in [5.74, 6) is 0.444. The van der Waals surface area contributed by atoms with Crippen molar-refractivity contribution in [2.24, 2.45) is 5.41 Å². The number of aromatic nitrogens is 4. The van der Waals surface area contributed by atoms with Gasteiger partial charge in [0.2, 0.25) is 5.91 Å². The lowest BCUT2D eigenvalue weighted by molar-refractivity contribution is -0.138. The largest absolute Gasteiger partial charge is 0.346 e. The number of H-pyrrole nitrogens is 1. The number of fused-ring (bicyclic) bond motifs is 3. The highest BCUT2D eigenvalue weighted by Crippen LogP contribution is 2.34. The molecule has 0 aliphatic carbocycles. The Morgan fingerprint density at radius 3 is 2.92 bits per heavy atom. The highest BCUT2D eigenvalue weighted by atomic mass is 16.2. The first-order valence-electron chi connectivity index (χ1n) is 8.31. The molecule has 0 bridgehead atoms. The van der Waals surface area contributed by atoms with Gasteiger partial charge in [-0.1, -0.05) is 20.8 Å². The van der Waals surface area contributed by atoms with Crippen molar-refractivity contribution in [3.63, 3.8) is 0 Å². The summed E-state index contributed by atoms with van der Waals surface area (Å²) >= 11 is 0. The van der Waals surface area contributed by atoms with Crippen LogP contribution in [0.25, 0.3) is 21.9 Å². The lowest BCUT2D eigenvalue weighted by Crippen LogP contribution is -2.37. The van der Waals surface area contributed by atoms with Gasteiger partial charge in [-0.2, -0.15) is 0 Å². The van der Waals surface area contributed by atoms with Crippen LogP contribution in [0, 0.1) is 5.41 Å². The molecule has 1 fully saturated rings. The Kier molecular flexibility index (Phi) is 3.30. The van der Waals surface area contributed by atoms with Crippen molar-refractivity contribution >= 4 is 27.8 Å². The van der Waals surface area contributed by atoms with Crippen LogP contribution < -0.4 is 0 Å². The third-order valence-corrected chi connectivity index (χ3v) is 4.72. The van der Waals surface area contributed by atoms with Gasteiger partial charge in [0, 0.05) is 41.4 Å². The second kappa shape index (κ2) is 5.26. The van der Waals surface area contributed by atoms with Crippen molar-refractivity contribution in [2.45, 2.75) is 33.1 Å². The number of carbonyl (C=O) groups is 1. The van der Waals surface area contributed by atoms with Gasteiger partial charge in [0.05, 0.1) is 17.4 Å². The summed E-state index contributed by atoms with van der Waals surface area (Å²) in [5, 5.41) is 2.10. The van der Waals surface area contributed by atoms with E-state index in [0.29, 0.717) is 0 Å². The molecule has 0 saturated carbocycles. The molecule has 4 heterocycles. The minimum absolute atomic E-state index is 0.205. The van der Waals surface area contributed by atoms with Crippen molar-refractivity contribution in [3.05, 3.63) is 30.5 Å². The maximum atomic E-state index is 12.6. The zero-order valence-electron chi connectivity index (χ0n) is 14.2. The zero-order valence-corrected chi connectivity index (χ0v) is 14.2. The number of nitrogens with one attached hydrogen (secondary N) is 1. The topological polar surface area (TPSA) is 74.8 Å². The molecule has 1 atom stereocenters. The fraction of sp³-hybridized carbons (Fsp3) is 0.444. The molecule has 1 aliphatic rings. The minimum atomic E-state index is -0.347. The van der Waals surface area contributed by atoms with Gasteiger partial charge >= 0.3 is 0 Å². The van der Waals surface area contributed by atoms with Crippen LogP contribution in [0.2, 0.25) is 0 Å². The number of nitrogens with zero attached hydrogens (tertiary/aromatic N) is 4. The maximum absolute atomic E-state index is 12.6. The summed E-state index contributed by atoms with van der Waals surface area (Å²) in [7, 11) is 0. The molecule has 0 spiro atoms. The number of hydrogen-bond donors (Lipinski definition) is 1. The third kappa shape index (κ3) is 2.33. The number of rotatable bonds is 1. The highest BCUT2D eigenvalue weighted by Gasteiger charge is 2.34. The molecule has 24 heavy (non-hydrogen) atoms. The second-order valence-electron chi connectivity index (χ2n) is 7.50. The van der Waals surface area contributed by atoms with E-state index >= 15 is 0 Å². The van der Waals surface area contributed by atoms with E-state index in [1.165, 1.54) is 0 Å². The van der Waals surface area contributed by atoms with Gasteiger partial charge in [-0.25, -0.2) is 15.0 Å². The predicted octanol–water partition coefficient (Wildman–Crippen LogP) is 2.87. The Morgan fingerprint density at radius 2 is 2.12 bits per heavy atom. The van der Waals surface area contributed by atoms with Gasteiger partial charge in [0.15, 0.2) is 0 Å². The van der Waals surface area contributed by atoms with Crippen molar-refractivity contribution in [3.8, 4) is 0 Å². The Balaban J connectivity index is 1.75. The van der Waals surface area contributed by atoms with Crippen LogP contribution in [-0.4, -0.2) is 43.8 Å². The van der Waals surface area contributed by atoms with Gasteiger partial charge < -0.3 is 9.88 Å². The summed E-state index contributed by atoms with van der Waals surface area (Å²) < 4.78 is 0. The summed E-state index contributed by atoms with van der Waals surface area (Å²) in [6, 6.07) is 2.02. The van der Waals surface area contributed by atoms with E-state index < -0.39 is 0 Å². The van der Waals surface area contributed by atoms with Crippen molar-refractivity contribution in [1.29, 1.82) is 0 Å². The smallest absolute Gasteiger partial charge is 0.227 e. The molecule has 1 unspecified atom stereocenters. The van der Waals surface area contributed by atoms with Gasteiger partial charge in [0.25, 0.3) is 0 Å². The first-order valence-corrected chi connectivity index (χ1v) is 8.31. The number of carbonyl (C=O) groups excluding carboxylic acids is 1. The average molecular weight is 323 g/mol. The van der Waals surface area contributed by atoms with Crippen LogP contribution in [-0.2, 0) is 4.79 Å². The van der Waals surface area contributed by atoms with Crippen molar-refractivity contribution in [2.75, 3.05) is 13.1 Å². The number of pyridine rings is 1. The lowest BCUT2D eigenvalue weighted by atomic mass is 9.95. The average Bonchev–Trinajstić information content (AvgIpc) is 3.21. The number of likely N-dealkylation sites (tertiary alicyclic amines) is 1. The van der Waals surface area contributed by atoms with Crippen LogP contribution >= 0.6 is 0 Å².